The number of rotatable bonds is 6. The molecule has 1 aliphatic carbocycles. The Hall–Kier alpha value is -0.120. The van der Waals surface area contributed by atoms with Gasteiger partial charge in [0.15, 0.2) is 0 Å². The lowest BCUT2D eigenvalue weighted by Gasteiger charge is -2.39. The number of nitrogens with two attached hydrogens (primary N) is 1. The van der Waals surface area contributed by atoms with Gasteiger partial charge in [-0.15, -0.1) is 0 Å². The van der Waals surface area contributed by atoms with Gasteiger partial charge in [0, 0.05) is 12.6 Å². The zero-order valence-corrected chi connectivity index (χ0v) is 14.4. The Kier molecular flexibility index (Phi) is 6.51. The zero-order chi connectivity index (χ0) is 15.3. The van der Waals surface area contributed by atoms with Gasteiger partial charge < -0.3 is 4.74 Å². The van der Waals surface area contributed by atoms with Gasteiger partial charge in [0.1, 0.15) is 0 Å². The van der Waals surface area contributed by atoms with E-state index in [1.54, 1.807) is 0 Å². The molecule has 21 heavy (non-hydrogen) atoms. The largest absolute Gasteiger partial charge is 0.378 e. The molecule has 2 atom stereocenters. The average molecular weight is 296 g/mol. The summed E-state index contributed by atoms with van der Waals surface area (Å²) in [4.78, 5) is 0. The molecule has 0 radical (unpaired) electrons. The third kappa shape index (κ3) is 5.22. The number of hydrogen-bond acceptors (Lipinski definition) is 3. The minimum absolute atomic E-state index is 0.469. The van der Waals surface area contributed by atoms with Crippen molar-refractivity contribution in [2.24, 2.45) is 23.1 Å². The maximum Gasteiger partial charge on any atom is 0.0576 e. The van der Waals surface area contributed by atoms with E-state index in [0.29, 0.717) is 17.6 Å². The Morgan fingerprint density at radius 2 is 1.86 bits per heavy atom. The highest BCUT2D eigenvalue weighted by Gasteiger charge is 2.32. The lowest BCUT2D eigenvalue weighted by Crippen LogP contribution is -2.43. The van der Waals surface area contributed by atoms with E-state index in [0.717, 1.165) is 18.4 Å². The Bertz CT molecular complexity index is 286. The third-order valence-corrected chi connectivity index (χ3v) is 5.84. The van der Waals surface area contributed by atoms with Gasteiger partial charge >= 0.3 is 0 Å². The van der Waals surface area contributed by atoms with Gasteiger partial charge in [-0.25, -0.2) is 0 Å². The van der Waals surface area contributed by atoms with Crippen molar-refractivity contribution in [3.05, 3.63) is 0 Å². The maximum atomic E-state index is 5.84. The first kappa shape index (κ1) is 17.2. The molecule has 0 bridgehead atoms. The second-order valence-electron chi connectivity index (χ2n) is 8.32. The lowest BCUT2D eigenvalue weighted by molar-refractivity contribution is 0.0974. The smallest absolute Gasteiger partial charge is 0.0576 e. The molecule has 1 saturated heterocycles. The van der Waals surface area contributed by atoms with E-state index in [1.807, 2.05) is 0 Å². The third-order valence-electron chi connectivity index (χ3n) is 5.84. The molecule has 2 unspecified atom stereocenters. The summed E-state index contributed by atoms with van der Waals surface area (Å²) in [6.07, 6.45) is 12.1. The van der Waals surface area contributed by atoms with Gasteiger partial charge in [0.25, 0.3) is 0 Å². The van der Waals surface area contributed by atoms with E-state index in [-0.39, 0.29) is 0 Å². The first-order chi connectivity index (χ1) is 10.0. The van der Waals surface area contributed by atoms with E-state index < -0.39 is 0 Å². The fraction of sp³-hybridized carbons (Fsp3) is 1.00. The van der Waals surface area contributed by atoms with Crippen molar-refractivity contribution in [1.29, 1.82) is 0 Å². The van der Waals surface area contributed by atoms with Crippen LogP contribution in [-0.2, 0) is 4.74 Å². The summed E-state index contributed by atoms with van der Waals surface area (Å²) in [6.45, 7) is 8.13. The van der Waals surface area contributed by atoms with Crippen molar-refractivity contribution in [2.75, 3.05) is 6.61 Å². The predicted octanol–water partition coefficient (Wildman–Crippen LogP) is 4.02. The molecule has 0 aromatic heterocycles. The molecule has 1 aliphatic heterocycles. The highest BCUT2D eigenvalue weighted by molar-refractivity contribution is 4.85. The molecule has 2 rings (SSSR count). The summed E-state index contributed by atoms with van der Waals surface area (Å²) < 4.78 is 5.71. The quantitative estimate of drug-likeness (QED) is 0.575. The van der Waals surface area contributed by atoms with Gasteiger partial charge in [-0.05, 0) is 75.0 Å². The summed E-state index contributed by atoms with van der Waals surface area (Å²) in [5.41, 5.74) is 3.58. The monoisotopic (exact) mass is 296 g/mol. The average Bonchev–Trinajstić information content (AvgIpc) is 2.96. The Labute approximate surface area is 131 Å². The first-order valence-corrected chi connectivity index (χ1v) is 9.08. The van der Waals surface area contributed by atoms with Crippen LogP contribution in [0.3, 0.4) is 0 Å². The molecule has 3 N–H and O–H groups in total. The normalized spacial score (nSPS) is 32.3. The molecule has 2 aliphatic rings. The van der Waals surface area contributed by atoms with Crippen LogP contribution in [0.1, 0.15) is 78.6 Å². The molecule has 0 amide bonds. The number of ether oxygens (including phenoxy) is 1. The molecule has 1 heterocycles. The van der Waals surface area contributed by atoms with Crippen LogP contribution < -0.4 is 11.3 Å². The van der Waals surface area contributed by atoms with Crippen molar-refractivity contribution in [1.82, 2.24) is 5.43 Å². The highest BCUT2D eigenvalue weighted by Crippen LogP contribution is 2.41. The van der Waals surface area contributed by atoms with Crippen LogP contribution in [0.5, 0.6) is 0 Å². The van der Waals surface area contributed by atoms with Crippen LogP contribution in [0.2, 0.25) is 0 Å². The number of hydrogen-bond donors (Lipinski definition) is 2. The van der Waals surface area contributed by atoms with Crippen LogP contribution in [0.15, 0.2) is 0 Å². The summed E-state index contributed by atoms with van der Waals surface area (Å²) in [5, 5.41) is 0. The van der Waals surface area contributed by atoms with Crippen molar-refractivity contribution < 1.29 is 4.74 Å². The molecule has 124 valence electrons. The minimum atomic E-state index is 0.469. The van der Waals surface area contributed by atoms with Crippen LogP contribution in [0.25, 0.3) is 0 Å². The Morgan fingerprint density at radius 3 is 2.38 bits per heavy atom. The van der Waals surface area contributed by atoms with E-state index in [4.69, 9.17) is 10.6 Å². The van der Waals surface area contributed by atoms with Crippen LogP contribution >= 0.6 is 0 Å². The molecule has 3 nitrogen and oxygen atoms in total. The molecule has 0 aromatic rings. The van der Waals surface area contributed by atoms with Crippen molar-refractivity contribution in [2.45, 2.75) is 90.7 Å². The molecular formula is C18H36N2O. The molecule has 0 aromatic carbocycles. The second-order valence-corrected chi connectivity index (χ2v) is 8.32. The molecule has 2 fully saturated rings. The van der Waals surface area contributed by atoms with Gasteiger partial charge in [0.05, 0.1) is 6.10 Å². The van der Waals surface area contributed by atoms with Crippen molar-refractivity contribution >= 4 is 0 Å². The summed E-state index contributed by atoms with van der Waals surface area (Å²) in [5.74, 6) is 7.50. The summed E-state index contributed by atoms with van der Waals surface area (Å²) in [7, 11) is 0. The summed E-state index contributed by atoms with van der Waals surface area (Å²) in [6, 6.07) is 0.507. The minimum Gasteiger partial charge on any atom is -0.378 e. The van der Waals surface area contributed by atoms with E-state index in [9.17, 15) is 0 Å². The van der Waals surface area contributed by atoms with Gasteiger partial charge in [-0.2, -0.15) is 0 Å². The standard InChI is InChI=1S/C18H36N2O/c1-18(2,3)15-11-9-14(10-12-15)17(20-19)8-4-6-16-7-5-13-21-16/h14-17,20H,4-13,19H2,1-3H3. The van der Waals surface area contributed by atoms with Crippen LogP contribution in [0, 0.1) is 17.3 Å². The van der Waals surface area contributed by atoms with Crippen LogP contribution in [-0.4, -0.2) is 18.8 Å². The fourth-order valence-electron chi connectivity index (χ4n) is 4.28. The first-order valence-electron chi connectivity index (χ1n) is 9.08. The van der Waals surface area contributed by atoms with Crippen molar-refractivity contribution in [3.8, 4) is 0 Å². The Morgan fingerprint density at radius 1 is 1.14 bits per heavy atom. The molecule has 3 heteroatoms. The van der Waals surface area contributed by atoms with Gasteiger partial charge in [-0.3, -0.25) is 11.3 Å². The van der Waals surface area contributed by atoms with Gasteiger partial charge in [-0.1, -0.05) is 20.8 Å². The molecule has 1 saturated carbocycles. The summed E-state index contributed by atoms with van der Waals surface area (Å²) >= 11 is 0. The zero-order valence-electron chi connectivity index (χ0n) is 14.4. The van der Waals surface area contributed by atoms with Crippen molar-refractivity contribution in [3.63, 3.8) is 0 Å². The molecule has 0 spiro atoms. The van der Waals surface area contributed by atoms with E-state index >= 15 is 0 Å². The Balaban J connectivity index is 1.69. The highest BCUT2D eigenvalue weighted by atomic mass is 16.5. The fourth-order valence-corrected chi connectivity index (χ4v) is 4.28. The van der Waals surface area contributed by atoms with E-state index in [2.05, 4.69) is 26.2 Å². The SMILES string of the molecule is CC(C)(C)C1CCC(C(CCCC2CCCO2)NN)CC1. The van der Waals surface area contributed by atoms with Crippen LogP contribution in [0.4, 0.5) is 0 Å². The lowest BCUT2D eigenvalue weighted by atomic mass is 9.68. The molecular weight excluding hydrogens is 260 g/mol. The number of nitrogens with one attached hydrogen (secondary N) is 1. The van der Waals surface area contributed by atoms with E-state index in [1.165, 1.54) is 57.8 Å². The predicted molar refractivity (Wildman–Crippen MR) is 88.8 cm³/mol. The van der Waals surface area contributed by atoms with Gasteiger partial charge in [0.2, 0.25) is 0 Å². The topological polar surface area (TPSA) is 47.3 Å². The number of hydrazine groups is 1. The second kappa shape index (κ2) is 7.94. The maximum absolute atomic E-state index is 5.84.